The first-order chi connectivity index (χ1) is 12.8. The van der Waals surface area contributed by atoms with Gasteiger partial charge in [-0.25, -0.2) is 9.78 Å². The van der Waals surface area contributed by atoms with Gasteiger partial charge in [0.15, 0.2) is 0 Å². The molecule has 0 aliphatic heterocycles. The number of benzene rings is 1. The van der Waals surface area contributed by atoms with Crippen molar-refractivity contribution in [1.82, 2.24) is 9.55 Å². The van der Waals surface area contributed by atoms with Gasteiger partial charge in [0.1, 0.15) is 17.2 Å². The van der Waals surface area contributed by atoms with Crippen molar-refractivity contribution < 1.29 is 14.7 Å². The van der Waals surface area contributed by atoms with E-state index in [0.29, 0.717) is 21.4 Å². The molecule has 0 atom stereocenters. The van der Waals surface area contributed by atoms with E-state index in [1.54, 1.807) is 24.3 Å². The van der Waals surface area contributed by atoms with Crippen molar-refractivity contribution in [3.63, 3.8) is 0 Å². The summed E-state index contributed by atoms with van der Waals surface area (Å²) >= 11 is 7.01. The molecule has 140 valence electrons. The summed E-state index contributed by atoms with van der Waals surface area (Å²) in [5, 5.41) is 13.9. The van der Waals surface area contributed by atoms with Gasteiger partial charge >= 0.3 is 5.97 Å². The predicted molar refractivity (Wildman–Crippen MR) is 105 cm³/mol. The molecule has 0 fully saturated rings. The molecule has 3 aromatic rings. The summed E-state index contributed by atoms with van der Waals surface area (Å²) in [5.41, 5.74) is -0.141. The van der Waals surface area contributed by atoms with Gasteiger partial charge in [0, 0.05) is 22.0 Å². The number of nitrogens with zero attached hydrogens (tertiary/aromatic N) is 2. The molecule has 0 bridgehead atoms. The number of carbonyl (C=O) groups excluding carboxylic acids is 1. The molecule has 2 aromatic heterocycles. The zero-order valence-corrected chi connectivity index (χ0v) is 16.1. The van der Waals surface area contributed by atoms with Crippen molar-refractivity contribution in [1.29, 1.82) is 0 Å². The second kappa shape index (κ2) is 7.50. The summed E-state index contributed by atoms with van der Waals surface area (Å²) in [6, 6.07) is 6.65. The Bertz CT molecular complexity index is 1100. The number of carbonyl (C=O) groups is 2. The Morgan fingerprint density at radius 1 is 1.37 bits per heavy atom. The van der Waals surface area contributed by atoms with Crippen molar-refractivity contribution in [2.75, 3.05) is 5.32 Å². The third-order valence-corrected chi connectivity index (χ3v) is 4.99. The summed E-state index contributed by atoms with van der Waals surface area (Å²) in [4.78, 5) is 41.6. The van der Waals surface area contributed by atoms with Gasteiger partial charge in [0.2, 0.25) is 5.91 Å². The Kier molecular flexibility index (Phi) is 5.29. The molecular weight excluding hydrogens is 390 g/mol. The molecule has 1 aromatic carbocycles. The third kappa shape index (κ3) is 3.86. The van der Waals surface area contributed by atoms with Crippen LogP contribution in [0.25, 0.3) is 10.2 Å². The molecule has 0 aliphatic rings. The molecule has 9 heteroatoms. The lowest BCUT2D eigenvalue weighted by Gasteiger charge is -2.15. The fourth-order valence-corrected chi connectivity index (χ4v) is 3.80. The number of thiophene rings is 1. The number of aromatic nitrogens is 2. The molecule has 0 aliphatic carbocycles. The van der Waals surface area contributed by atoms with Crippen LogP contribution in [0.1, 0.15) is 35.9 Å². The van der Waals surface area contributed by atoms with Crippen molar-refractivity contribution in [3.05, 3.63) is 56.4 Å². The number of hydrogen-bond donors (Lipinski definition) is 2. The van der Waals surface area contributed by atoms with Crippen LogP contribution in [0.15, 0.2) is 34.4 Å². The van der Waals surface area contributed by atoms with Crippen molar-refractivity contribution in [3.8, 4) is 0 Å². The highest BCUT2D eigenvalue weighted by Crippen LogP contribution is 2.24. The van der Waals surface area contributed by atoms with Crippen LogP contribution in [0.2, 0.25) is 5.02 Å². The van der Waals surface area contributed by atoms with Crippen LogP contribution in [0.5, 0.6) is 0 Å². The van der Waals surface area contributed by atoms with E-state index in [1.807, 2.05) is 13.8 Å². The number of anilines is 1. The summed E-state index contributed by atoms with van der Waals surface area (Å²) in [6.07, 6.45) is 0. The van der Waals surface area contributed by atoms with Crippen molar-refractivity contribution in [2.24, 2.45) is 0 Å². The number of halogens is 1. The van der Waals surface area contributed by atoms with Crippen LogP contribution in [-0.2, 0) is 11.3 Å². The molecule has 1 amide bonds. The minimum Gasteiger partial charge on any atom is -0.478 e. The molecule has 2 heterocycles. The Morgan fingerprint density at radius 3 is 2.74 bits per heavy atom. The van der Waals surface area contributed by atoms with Gasteiger partial charge in [-0.2, -0.15) is 0 Å². The van der Waals surface area contributed by atoms with Gasteiger partial charge in [0.05, 0.1) is 10.9 Å². The van der Waals surface area contributed by atoms with Gasteiger partial charge in [-0.3, -0.25) is 14.2 Å². The van der Waals surface area contributed by atoms with Crippen LogP contribution in [0.3, 0.4) is 0 Å². The number of carboxylic acids is 1. The highest BCUT2D eigenvalue weighted by atomic mass is 35.5. The number of amides is 1. The standard InChI is InChI=1S/C18H16ClN3O4S/c1-9(2)15-21-16-14(12(8-27-16)18(25)26)17(24)22(15)7-13(23)20-11-5-3-4-10(19)6-11/h3-6,8-9H,7H2,1-2H3,(H,20,23)(H,25,26). The summed E-state index contributed by atoms with van der Waals surface area (Å²) in [5.74, 6) is -1.34. The molecule has 0 unspecified atom stereocenters. The maximum Gasteiger partial charge on any atom is 0.337 e. The molecule has 27 heavy (non-hydrogen) atoms. The SMILES string of the molecule is CC(C)c1nc2scc(C(=O)O)c2c(=O)n1CC(=O)Nc1cccc(Cl)c1. The lowest BCUT2D eigenvalue weighted by Crippen LogP contribution is -2.32. The quantitative estimate of drug-likeness (QED) is 0.675. The maximum atomic E-state index is 12.9. The molecule has 0 saturated heterocycles. The van der Waals surface area contributed by atoms with E-state index in [-0.39, 0.29) is 23.4 Å². The first-order valence-corrected chi connectivity index (χ1v) is 9.34. The average Bonchev–Trinajstić information content (AvgIpc) is 3.01. The Labute approximate surface area is 163 Å². The zero-order valence-electron chi connectivity index (χ0n) is 14.5. The Hall–Kier alpha value is -2.71. The topological polar surface area (TPSA) is 101 Å². The fraction of sp³-hybridized carbons (Fsp3) is 0.222. The van der Waals surface area contributed by atoms with Crippen LogP contribution >= 0.6 is 22.9 Å². The smallest absolute Gasteiger partial charge is 0.337 e. The lowest BCUT2D eigenvalue weighted by molar-refractivity contribution is -0.116. The summed E-state index contributed by atoms with van der Waals surface area (Å²) in [7, 11) is 0. The normalized spacial score (nSPS) is 11.1. The lowest BCUT2D eigenvalue weighted by atomic mass is 10.2. The van der Waals surface area contributed by atoms with Crippen molar-refractivity contribution in [2.45, 2.75) is 26.3 Å². The van der Waals surface area contributed by atoms with Crippen LogP contribution in [0.4, 0.5) is 5.69 Å². The molecule has 3 rings (SSSR count). The van der Waals surface area contributed by atoms with Crippen LogP contribution in [-0.4, -0.2) is 26.5 Å². The molecular formula is C18H16ClN3O4S. The fourth-order valence-electron chi connectivity index (χ4n) is 2.70. The van der Waals surface area contributed by atoms with Crippen LogP contribution in [0, 0.1) is 0 Å². The summed E-state index contributed by atoms with van der Waals surface area (Å²) in [6.45, 7) is 3.42. The van der Waals surface area contributed by atoms with Gasteiger partial charge in [-0.05, 0) is 18.2 Å². The average molecular weight is 406 g/mol. The van der Waals surface area contributed by atoms with E-state index < -0.39 is 17.4 Å². The van der Waals surface area contributed by atoms with Gasteiger partial charge in [-0.1, -0.05) is 31.5 Å². The van der Waals surface area contributed by atoms with E-state index in [0.717, 1.165) is 11.3 Å². The number of carboxylic acid groups (broad SMARTS) is 1. The number of hydrogen-bond acceptors (Lipinski definition) is 5. The first kappa shape index (κ1) is 19.1. The minimum absolute atomic E-state index is 0.0208. The van der Waals surface area contributed by atoms with Gasteiger partial charge < -0.3 is 10.4 Å². The monoisotopic (exact) mass is 405 g/mol. The highest BCUT2D eigenvalue weighted by Gasteiger charge is 2.22. The first-order valence-electron chi connectivity index (χ1n) is 8.08. The Balaban J connectivity index is 2.03. The third-order valence-electron chi connectivity index (χ3n) is 3.88. The number of nitrogens with one attached hydrogen (secondary N) is 1. The number of aromatic carboxylic acids is 1. The molecule has 0 radical (unpaired) electrons. The van der Waals surface area contributed by atoms with E-state index >= 15 is 0 Å². The second-order valence-corrected chi connectivity index (χ2v) is 7.50. The molecule has 0 saturated carbocycles. The van der Waals surface area contributed by atoms with E-state index in [9.17, 15) is 19.5 Å². The van der Waals surface area contributed by atoms with Gasteiger partial charge in [0.25, 0.3) is 5.56 Å². The van der Waals surface area contributed by atoms with Crippen molar-refractivity contribution >= 4 is 50.7 Å². The molecule has 2 N–H and O–H groups in total. The Morgan fingerprint density at radius 2 is 2.11 bits per heavy atom. The van der Waals surface area contributed by atoms with Gasteiger partial charge in [-0.15, -0.1) is 11.3 Å². The minimum atomic E-state index is -1.20. The highest BCUT2D eigenvalue weighted by molar-refractivity contribution is 7.17. The predicted octanol–water partition coefficient (Wildman–Crippen LogP) is 3.57. The van der Waals surface area contributed by atoms with E-state index in [2.05, 4.69) is 10.3 Å². The molecule has 7 nitrogen and oxygen atoms in total. The zero-order chi connectivity index (χ0) is 19.7. The number of fused-ring (bicyclic) bond motifs is 1. The molecule has 0 spiro atoms. The largest absolute Gasteiger partial charge is 0.478 e. The number of rotatable bonds is 5. The maximum absolute atomic E-state index is 12.9. The second-order valence-electron chi connectivity index (χ2n) is 6.21. The van der Waals surface area contributed by atoms with E-state index in [4.69, 9.17) is 11.6 Å². The summed E-state index contributed by atoms with van der Waals surface area (Å²) < 4.78 is 1.23. The van der Waals surface area contributed by atoms with Crippen LogP contribution < -0.4 is 10.9 Å². The van der Waals surface area contributed by atoms with E-state index in [1.165, 1.54) is 9.95 Å².